The van der Waals surface area contributed by atoms with Crippen molar-refractivity contribution in [3.63, 3.8) is 0 Å². The molecule has 0 amide bonds. The molecule has 2 atom stereocenters. The minimum Gasteiger partial charge on any atom is -0.379 e. The molecule has 0 saturated carbocycles. The smallest absolute Gasteiger partial charge is 0.191 e. The molecule has 2 unspecified atom stereocenters. The number of halogens is 1. The third-order valence-electron chi connectivity index (χ3n) is 5.69. The average molecular weight is 423 g/mol. The number of nitrogens with one attached hydrogen (secondary N) is 2. The van der Waals surface area contributed by atoms with Crippen LogP contribution in [0.4, 0.5) is 0 Å². The van der Waals surface area contributed by atoms with Crippen LogP contribution < -0.4 is 10.6 Å². The Balaban J connectivity index is 1.32. The second kappa shape index (κ2) is 11.7. The van der Waals surface area contributed by atoms with Crippen molar-refractivity contribution in [1.29, 1.82) is 0 Å². The third kappa shape index (κ3) is 7.45. The lowest BCUT2D eigenvalue weighted by Gasteiger charge is -2.32. The molecule has 2 heterocycles. The summed E-state index contributed by atoms with van der Waals surface area (Å²) in [5.41, 5.74) is 1.22. The lowest BCUT2D eigenvalue weighted by molar-refractivity contribution is 0.0347. The molecule has 0 aliphatic carbocycles. The molecule has 2 N–H and O–H groups in total. The maximum atomic E-state index is 6.30. The van der Waals surface area contributed by atoms with Crippen molar-refractivity contribution in [2.24, 2.45) is 10.9 Å². The van der Waals surface area contributed by atoms with Gasteiger partial charge >= 0.3 is 0 Å². The number of ether oxygens (including phenoxy) is 2. The summed E-state index contributed by atoms with van der Waals surface area (Å²) in [5, 5.41) is 7.78. The second-order valence-corrected chi connectivity index (χ2v) is 8.54. The fraction of sp³-hybridized carbons (Fsp3) is 0.682. The molecule has 0 spiro atoms. The molecule has 2 fully saturated rings. The number of hydrogen-bond acceptors (Lipinski definition) is 4. The van der Waals surface area contributed by atoms with Gasteiger partial charge in [0.25, 0.3) is 0 Å². The molecule has 1 aromatic rings. The molecule has 29 heavy (non-hydrogen) atoms. The van der Waals surface area contributed by atoms with Crippen molar-refractivity contribution in [2.75, 3.05) is 46.5 Å². The van der Waals surface area contributed by atoms with E-state index < -0.39 is 0 Å². The monoisotopic (exact) mass is 422 g/mol. The standard InChI is InChI=1S/C22H35ClN4O2/c1-17(15-29-20-9-12-28-16-20)26-22(24-2)25-13-18-7-10-27(11-8-18)14-19-5-3-4-6-21(19)23/h3-6,17-18,20H,7-16H2,1-2H3,(H2,24,25,26). The highest BCUT2D eigenvalue weighted by Gasteiger charge is 2.21. The van der Waals surface area contributed by atoms with Gasteiger partial charge in [-0.2, -0.15) is 0 Å². The average Bonchev–Trinajstić information content (AvgIpc) is 3.26. The summed E-state index contributed by atoms with van der Waals surface area (Å²) in [6.07, 6.45) is 3.61. The number of likely N-dealkylation sites (tertiary alicyclic amines) is 1. The van der Waals surface area contributed by atoms with E-state index >= 15 is 0 Å². The van der Waals surface area contributed by atoms with Gasteiger partial charge in [0.1, 0.15) is 0 Å². The first-order valence-electron chi connectivity index (χ1n) is 10.8. The van der Waals surface area contributed by atoms with E-state index in [0.29, 0.717) is 12.5 Å². The summed E-state index contributed by atoms with van der Waals surface area (Å²) >= 11 is 6.30. The van der Waals surface area contributed by atoms with Gasteiger partial charge in [0.15, 0.2) is 5.96 Å². The quantitative estimate of drug-likeness (QED) is 0.498. The molecule has 0 radical (unpaired) electrons. The maximum Gasteiger partial charge on any atom is 0.191 e. The van der Waals surface area contributed by atoms with E-state index in [1.807, 2.05) is 19.2 Å². The first-order valence-corrected chi connectivity index (χ1v) is 11.1. The first kappa shape index (κ1) is 22.3. The van der Waals surface area contributed by atoms with E-state index in [1.54, 1.807) is 0 Å². The number of hydrogen-bond donors (Lipinski definition) is 2. The molecule has 2 saturated heterocycles. The van der Waals surface area contributed by atoms with Gasteiger partial charge in [-0.3, -0.25) is 9.89 Å². The van der Waals surface area contributed by atoms with Crippen LogP contribution in [0.25, 0.3) is 0 Å². The minimum absolute atomic E-state index is 0.208. The van der Waals surface area contributed by atoms with Crippen LogP contribution in [-0.4, -0.2) is 69.5 Å². The fourth-order valence-corrected chi connectivity index (χ4v) is 4.05. The van der Waals surface area contributed by atoms with E-state index in [2.05, 4.69) is 39.6 Å². The van der Waals surface area contributed by atoms with Gasteiger partial charge in [0.2, 0.25) is 0 Å². The largest absolute Gasteiger partial charge is 0.379 e. The van der Waals surface area contributed by atoms with Gasteiger partial charge in [0, 0.05) is 37.8 Å². The zero-order valence-corrected chi connectivity index (χ0v) is 18.5. The van der Waals surface area contributed by atoms with Crippen LogP contribution in [0.1, 0.15) is 31.7 Å². The molecule has 6 nitrogen and oxygen atoms in total. The highest BCUT2D eigenvalue weighted by Crippen LogP contribution is 2.22. The van der Waals surface area contributed by atoms with Gasteiger partial charge in [-0.15, -0.1) is 0 Å². The highest BCUT2D eigenvalue weighted by atomic mass is 35.5. The van der Waals surface area contributed by atoms with E-state index in [-0.39, 0.29) is 12.1 Å². The van der Waals surface area contributed by atoms with Crippen molar-refractivity contribution in [3.8, 4) is 0 Å². The van der Waals surface area contributed by atoms with Crippen LogP contribution in [0, 0.1) is 5.92 Å². The van der Waals surface area contributed by atoms with Crippen LogP contribution in [0.15, 0.2) is 29.3 Å². The summed E-state index contributed by atoms with van der Waals surface area (Å²) in [6, 6.07) is 8.35. The Morgan fingerprint density at radius 3 is 2.79 bits per heavy atom. The second-order valence-electron chi connectivity index (χ2n) is 8.13. The Bertz CT molecular complexity index is 643. The number of guanidine groups is 1. The summed E-state index contributed by atoms with van der Waals surface area (Å²) in [5.74, 6) is 1.51. The molecular weight excluding hydrogens is 388 g/mol. The Hall–Kier alpha value is -1.34. The van der Waals surface area contributed by atoms with Gasteiger partial charge in [-0.25, -0.2) is 0 Å². The SMILES string of the molecule is CN=C(NCC1CCN(Cc2ccccc2Cl)CC1)NC(C)COC1CCOC1. The van der Waals surface area contributed by atoms with Crippen molar-refractivity contribution < 1.29 is 9.47 Å². The number of piperidine rings is 1. The van der Waals surface area contributed by atoms with Gasteiger partial charge < -0.3 is 20.1 Å². The Labute approximate surface area is 180 Å². The van der Waals surface area contributed by atoms with Crippen LogP contribution in [-0.2, 0) is 16.0 Å². The van der Waals surface area contributed by atoms with Gasteiger partial charge in [-0.1, -0.05) is 29.8 Å². The predicted molar refractivity (Wildman–Crippen MR) is 119 cm³/mol. The van der Waals surface area contributed by atoms with E-state index in [0.717, 1.165) is 56.8 Å². The van der Waals surface area contributed by atoms with Crippen molar-refractivity contribution >= 4 is 17.6 Å². The molecule has 2 aliphatic rings. The summed E-state index contributed by atoms with van der Waals surface area (Å²) < 4.78 is 11.2. The van der Waals surface area contributed by atoms with E-state index in [4.69, 9.17) is 21.1 Å². The van der Waals surface area contributed by atoms with Crippen LogP contribution in [0.2, 0.25) is 5.02 Å². The minimum atomic E-state index is 0.208. The lowest BCUT2D eigenvalue weighted by Crippen LogP contribution is -2.47. The molecule has 0 bridgehead atoms. The topological polar surface area (TPSA) is 58.1 Å². The van der Waals surface area contributed by atoms with E-state index in [1.165, 1.54) is 18.4 Å². The van der Waals surface area contributed by atoms with Gasteiger partial charge in [0.05, 0.1) is 19.3 Å². The zero-order chi connectivity index (χ0) is 20.5. The van der Waals surface area contributed by atoms with E-state index in [9.17, 15) is 0 Å². The first-order chi connectivity index (χ1) is 14.1. The Kier molecular flexibility index (Phi) is 9.05. The van der Waals surface area contributed by atoms with Crippen LogP contribution >= 0.6 is 11.6 Å². The van der Waals surface area contributed by atoms with Crippen molar-refractivity contribution in [2.45, 2.75) is 44.9 Å². The normalized spacial score (nSPS) is 22.6. The van der Waals surface area contributed by atoms with Crippen molar-refractivity contribution in [1.82, 2.24) is 15.5 Å². The van der Waals surface area contributed by atoms with Crippen LogP contribution in [0.5, 0.6) is 0 Å². The lowest BCUT2D eigenvalue weighted by atomic mass is 9.96. The highest BCUT2D eigenvalue weighted by molar-refractivity contribution is 6.31. The summed E-state index contributed by atoms with van der Waals surface area (Å²) in [6.45, 7) is 8.41. The van der Waals surface area contributed by atoms with Crippen molar-refractivity contribution in [3.05, 3.63) is 34.9 Å². The van der Waals surface area contributed by atoms with Crippen LogP contribution in [0.3, 0.4) is 0 Å². The molecular formula is C22H35ClN4O2. The zero-order valence-electron chi connectivity index (χ0n) is 17.7. The maximum absolute atomic E-state index is 6.30. The number of nitrogens with zero attached hydrogens (tertiary/aromatic N) is 2. The fourth-order valence-electron chi connectivity index (χ4n) is 3.85. The van der Waals surface area contributed by atoms with Gasteiger partial charge in [-0.05, 0) is 56.8 Å². The number of benzene rings is 1. The summed E-state index contributed by atoms with van der Waals surface area (Å²) in [7, 11) is 1.82. The molecule has 162 valence electrons. The number of rotatable bonds is 8. The molecule has 3 rings (SSSR count). The third-order valence-corrected chi connectivity index (χ3v) is 6.06. The molecule has 7 heteroatoms. The molecule has 2 aliphatic heterocycles. The Morgan fingerprint density at radius 2 is 2.10 bits per heavy atom. The Morgan fingerprint density at radius 1 is 1.31 bits per heavy atom. The predicted octanol–water partition coefficient (Wildman–Crippen LogP) is 2.91. The molecule has 0 aromatic heterocycles. The number of aliphatic imine (C=N–C) groups is 1. The molecule has 1 aromatic carbocycles. The summed E-state index contributed by atoms with van der Waals surface area (Å²) in [4.78, 5) is 6.86.